The quantitative estimate of drug-likeness (QED) is 0.520. The summed E-state index contributed by atoms with van der Waals surface area (Å²) in [6.45, 7) is 9.95. The van der Waals surface area contributed by atoms with Gasteiger partial charge in [-0.15, -0.1) is 0 Å². The fourth-order valence-corrected chi connectivity index (χ4v) is 1.49. The van der Waals surface area contributed by atoms with Gasteiger partial charge in [0.2, 0.25) is 0 Å². The first kappa shape index (κ1) is 13.7. The summed E-state index contributed by atoms with van der Waals surface area (Å²) in [6.07, 6.45) is -0.454. The van der Waals surface area contributed by atoms with Gasteiger partial charge in [-0.25, -0.2) is 4.79 Å². The van der Waals surface area contributed by atoms with E-state index in [1.165, 1.54) is 4.90 Å². The number of amides is 1. The SMILES string of the molecule is C=C(C)C(=O)C(C)N(CC1CO1)C(=O)OCC. The lowest BCUT2D eigenvalue weighted by Crippen LogP contribution is -2.45. The Balaban J connectivity index is 2.69. The molecule has 0 aromatic rings. The van der Waals surface area contributed by atoms with Crippen LogP contribution in [0.4, 0.5) is 4.79 Å². The molecule has 1 aliphatic rings. The number of hydrogen-bond acceptors (Lipinski definition) is 4. The Morgan fingerprint density at radius 3 is 2.59 bits per heavy atom. The molecule has 5 nitrogen and oxygen atoms in total. The largest absolute Gasteiger partial charge is 0.450 e. The van der Waals surface area contributed by atoms with E-state index in [2.05, 4.69) is 6.58 Å². The Hall–Kier alpha value is -1.36. The third-order valence-electron chi connectivity index (χ3n) is 2.57. The second kappa shape index (κ2) is 5.82. The summed E-state index contributed by atoms with van der Waals surface area (Å²) >= 11 is 0. The lowest BCUT2D eigenvalue weighted by molar-refractivity contribution is -0.119. The van der Waals surface area contributed by atoms with Crippen molar-refractivity contribution in [2.75, 3.05) is 19.8 Å². The van der Waals surface area contributed by atoms with Crippen LogP contribution in [0.3, 0.4) is 0 Å². The average molecular weight is 241 g/mol. The first-order valence-electron chi connectivity index (χ1n) is 5.72. The molecule has 0 N–H and O–H groups in total. The van der Waals surface area contributed by atoms with Gasteiger partial charge in [0.05, 0.1) is 31.9 Å². The molecule has 0 radical (unpaired) electrons. The van der Waals surface area contributed by atoms with Gasteiger partial charge in [-0.1, -0.05) is 6.58 Å². The van der Waals surface area contributed by atoms with Gasteiger partial charge in [0, 0.05) is 0 Å². The van der Waals surface area contributed by atoms with Gasteiger partial charge in [0.15, 0.2) is 5.78 Å². The van der Waals surface area contributed by atoms with E-state index in [0.29, 0.717) is 18.7 Å². The Morgan fingerprint density at radius 1 is 1.59 bits per heavy atom. The van der Waals surface area contributed by atoms with E-state index in [0.717, 1.165) is 0 Å². The second-order valence-corrected chi connectivity index (χ2v) is 4.13. The molecule has 0 aliphatic carbocycles. The van der Waals surface area contributed by atoms with Crippen LogP contribution in [0.15, 0.2) is 12.2 Å². The van der Waals surface area contributed by atoms with E-state index >= 15 is 0 Å². The topological polar surface area (TPSA) is 59.1 Å². The van der Waals surface area contributed by atoms with Gasteiger partial charge in [-0.05, 0) is 26.3 Å². The normalized spacial score (nSPS) is 19.4. The van der Waals surface area contributed by atoms with Gasteiger partial charge >= 0.3 is 6.09 Å². The highest BCUT2D eigenvalue weighted by molar-refractivity contribution is 5.99. The number of hydrogen-bond donors (Lipinski definition) is 0. The zero-order valence-electron chi connectivity index (χ0n) is 10.6. The molecule has 2 unspecified atom stereocenters. The molecular weight excluding hydrogens is 222 g/mol. The van der Waals surface area contributed by atoms with E-state index < -0.39 is 12.1 Å². The first-order valence-corrected chi connectivity index (χ1v) is 5.72. The van der Waals surface area contributed by atoms with Crippen molar-refractivity contribution in [3.05, 3.63) is 12.2 Å². The number of rotatable bonds is 6. The maximum Gasteiger partial charge on any atom is 0.410 e. The highest BCUT2D eigenvalue weighted by atomic mass is 16.6. The van der Waals surface area contributed by atoms with Crippen LogP contribution in [0.25, 0.3) is 0 Å². The molecule has 5 heteroatoms. The fraction of sp³-hybridized carbons (Fsp3) is 0.667. The zero-order valence-corrected chi connectivity index (χ0v) is 10.6. The van der Waals surface area contributed by atoms with Crippen molar-refractivity contribution >= 4 is 11.9 Å². The van der Waals surface area contributed by atoms with E-state index in [1.54, 1.807) is 20.8 Å². The molecule has 0 saturated carbocycles. The molecule has 1 heterocycles. The van der Waals surface area contributed by atoms with Crippen LogP contribution < -0.4 is 0 Å². The molecule has 1 aliphatic heterocycles. The highest BCUT2D eigenvalue weighted by Gasteiger charge is 2.33. The molecule has 1 fully saturated rings. The molecule has 0 bridgehead atoms. The van der Waals surface area contributed by atoms with Gasteiger partial charge in [-0.2, -0.15) is 0 Å². The Kier molecular flexibility index (Phi) is 4.69. The van der Waals surface area contributed by atoms with Crippen LogP contribution in [0.5, 0.6) is 0 Å². The van der Waals surface area contributed by atoms with Gasteiger partial charge in [0.1, 0.15) is 0 Å². The molecule has 1 saturated heterocycles. The molecule has 0 aromatic carbocycles. The number of epoxide rings is 1. The zero-order chi connectivity index (χ0) is 13.0. The number of ether oxygens (including phenoxy) is 2. The van der Waals surface area contributed by atoms with Crippen molar-refractivity contribution in [3.63, 3.8) is 0 Å². The van der Waals surface area contributed by atoms with Crippen molar-refractivity contribution in [1.29, 1.82) is 0 Å². The predicted molar refractivity (Wildman–Crippen MR) is 62.8 cm³/mol. The van der Waals surface area contributed by atoms with Crippen LogP contribution in [-0.2, 0) is 14.3 Å². The van der Waals surface area contributed by atoms with E-state index in [4.69, 9.17) is 9.47 Å². The van der Waals surface area contributed by atoms with Gasteiger partial charge in [0.25, 0.3) is 0 Å². The van der Waals surface area contributed by atoms with Crippen molar-refractivity contribution < 1.29 is 19.1 Å². The third-order valence-corrected chi connectivity index (χ3v) is 2.57. The summed E-state index contributed by atoms with van der Waals surface area (Å²) in [5, 5.41) is 0. The fourth-order valence-electron chi connectivity index (χ4n) is 1.49. The smallest absolute Gasteiger partial charge is 0.410 e. The summed E-state index contributed by atoms with van der Waals surface area (Å²) in [6, 6.07) is -0.559. The van der Waals surface area contributed by atoms with Gasteiger partial charge < -0.3 is 9.47 Å². The summed E-state index contributed by atoms with van der Waals surface area (Å²) in [4.78, 5) is 24.9. The summed E-state index contributed by atoms with van der Waals surface area (Å²) in [5.74, 6) is -0.154. The monoisotopic (exact) mass is 241 g/mol. The number of ketones is 1. The number of carbonyl (C=O) groups excluding carboxylic acids is 2. The van der Waals surface area contributed by atoms with Crippen molar-refractivity contribution in [2.24, 2.45) is 0 Å². The molecule has 2 atom stereocenters. The molecule has 0 spiro atoms. The Morgan fingerprint density at radius 2 is 2.18 bits per heavy atom. The summed E-state index contributed by atoms with van der Waals surface area (Å²) in [7, 11) is 0. The van der Waals surface area contributed by atoms with E-state index in [1.807, 2.05) is 0 Å². The van der Waals surface area contributed by atoms with Crippen LogP contribution >= 0.6 is 0 Å². The van der Waals surface area contributed by atoms with E-state index in [-0.39, 0.29) is 18.5 Å². The Labute approximate surface area is 101 Å². The average Bonchev–Trinajstić information content (AvgIpc) is 3.07. The minimum atomic E-state index is -0.559. The second-order valence-electron chi connectivity index (χ2n) is 4.13. The molecule has 1 rings (SSSR count). The molecule has 96 valence electrons. The Bertz CT molecular complexity index is 322. The highest BCUT2D eigenvalue weighted by Crippen LogP contribution is 2.15. The minimum Gasteiger partial charge on any atom is -0.450 e. The van der Waals surface area contributed by atoms with Crippen LogP contribution in [0.1, 0.15) is 20.8 Å². The van der Waals surface area contributed by atoms with Crippen molar-refractivity contribution in [3.8, 4) is 0 Å². The number of nitrogens with zero attached hydrogens (tertiary/aromatic N) is 1. The predicted octanol–water partition coefficient (Wildman–Crippen LogP) is 1.38. The number of Topliss-reactive ketones (excluding diaryl/α,β-unsaturated/α-hetero) is 1. The standard InChI is InChI=1S/C12H19NO4/c1-5-16-12(15)13(6-10-7-17-10)9(4)11(14)8(2)3/h9-10H,2,5-7H2,1,3-4H3. The number of carbonyl (C=O) groups is 2. The lowest BCUT2D eigenvalue weighted by Gasteiger charge is -2.26. The van der Waals surface area contributed by atoms with Crippen LogP contribution in [-0.4, -0.2) is 48.7 Å². The maximum absolute atomic E-state index is 11.8. The van der Waals surface area contributed by atoms with E-state index in [9.17, 15) is 9.59 Å². The van der Waals surface area contributed by atoms with Gasteiger partial charge in [-0.3, -0.25) is 9.69 Å². The molecule has 0 aromatic heterocycles. The molecule has 1 amide bonds. The first-order chi connectivity index (χ1) is 7.97. The molecule has 17 heavy (non-hydrogen) atoms. The maximum atomic E-state index is 11.8. The lowest BCUT2D eigenvalue weighted by atomic mass is 10.1. The summed E-state index contributed by atoms with van der Waals surface area (Å²) < 4.78 is 10.0. The van der Waals surface area contributed by atoms with Crippen molar-refractivity contribution in [1.82, 2.24) is 4.90 Å². The summed E-state index contributed by atoms with van der Waals surface area (Å²) in [5.41, 5.74) is 0.434. The van der Waals surface area contributed by atoms with Crippen LogP contribution in [0, 0.1) is 0 Å². The van der Waals surface area contributed by atoms with Crippen LogP contribution in [0.2, 0.25) is 0 Å². The van der Waals surface area contributed by atoms with Crippen molar-refractivity contribution in [2.45, 2.75) is 32.9 Å². The minimum absolute atomic E-state index is 0.0276. The third kappa shape index (κ3) is 3.85. The molecular formula is C12H19NO4.